The van der Waals surface area contributed by atoms with Crippen molar-refractivity contribution in [3.05, 3.63) is 107 Å². The predicted octanol–water partition coefficient (Wildman–Crippen LogP) is 8.37. The van der Waals surface area contributed by atoms with E-state index in [1.807, 2.05) is 6.08 Å². The van der Waals surface area contributed by atoms with Gasteiger partial charge in [0, 0.05) is 10.8 Å². The van der Waals surface area contributed by atoms with Gasteiger partial charge in [-0.1, -0.05) is 118 Å². The summed E-state index contributed by atoms with van der Waals surface area (Å²) in [6.07, 6.45) is 28.4. The van der Waals surface area contributed by atoms with E-state index in [1.54, 1.807) is 0 Å². The third kappa shape index (κ3) is 4.93. The molecule has 0 N–H and O–H groups in total. The average molecular weight is 373 g/mol. The molecule has 28 heavy (non-hydrogen) atoms. The molecule has 0 bridgehead atoms. The minimum atomic E-state index is -0.0537. The first-order chi connectivity index (χ1) is 13.2. The third-order valence-corrected chi connectivity index (χ3v) is 6.26. The van der Waals surface area contributed by atoms with Crippen LogP contribution in [0.4, 0.5) is 0 Å². The Morgan fingerprint density at radius 1 is 0.929 bits per heavy atom. The Labute approximate surface area is 172 Å². The summed E-state index contributed by atoms with van der Waals surface area (Å²) in [4.78, 5) is 0. The van der Waals surface area contributed by atoms with Gasteiger partial charge in [-0.25, -0.2) is 0 Å². The normalized spacial score (nSPS) is 18.9. The molecule has 0 atom stereocenters. The first kappa shape index (κ1) is 22.0. The molecule has 0 heterocycles. The quantitative estimate of drug-likeness (QED) is 0.411. The van der Waals surface area contributed by atoms with Gasteiger partial charge < -0.3 is 0 Å². The molecular formula is C28H36. The number of hydrogen-bond donors (Lipinski definition) is 0. The van der Waals surface area contributed by atoms with Crippen LogP contribution >= 0.6 is 0 Å². The van der Waals surface area contributed by atoms with E-state index in [0.29, 0.717) is 0 Å². The fraction of sp³-hybridized carbons (Fsp3) is 0.357. The second kappa shape index (κ2) is 9.24. The number of hydrogen-bond acceptors (Lipinski definition) is 0. The SMILES string of the molecule is C=C/C(=C\C=C(/C)C(C)(C)C1=C(C)C=CCC=C1)C(C)(C)C1=CC=CC=CC1. The highest BCUT2D eigenvalue weighted by Gasteiger charge is 2.27. The lowest BCUT2D eigenvalue weighted by Crippen LogP contribution is -2.18. The molecule has 0 saturated heterocycles. The third-order valence-electron chi connectivity index (χ3n) is 6.26. The maximum atomic E-state index is 4.11. The van der Waals surface area contributed by atoms with Gasteiger partial charge in [-0.05, 0) is 43.4 Å². The molecule has 0 radical (unpaired) electrons. The van der Waals surface area contributed by atoms with E-state index in [1.165, 1.54) is 27.9 Å². The Morgan fingerprint density at radius 2 is 1.64 bits per heavy atom. The summed E-state index contributed by atoms with van der Waals surface area (Å²) >= 11 is 0. The highest BCUT2D eigenvalue weighted by molar-refractivity contribution is 5.45. The lowest BCUT2D eigenvalue weighted by atomic mass is 9.73. The van der Waals surface area contributed by atoms with Crippen molar-refractivity contribution in [3.8, 4) is 0 Å². The van der Waals surface area contributed by atoms with E-state index in [2.05, 4.69) is 115 Å². The fourth-order valence-electron chi connectivity index (χ4n) is 3.83. The molecular weight excluding hydrogens is 336 g/mol. The molecule has 0 aromatic carbocycles. The van der Waals surface area contributed by atoms with Crippen LogP contribution in [0.25, 0.3) is 0 Å². The topological polar surface area (TPSA) is 0 Å². The van der Waals surface area contributed by atoms with Crippen LogP contribution in [0, 0.1) is 10.8 Å². The van der Waals surface area contributed by atoms with Crippen molar-refractivity contribution < 1.29 is 0 Å². The van der Waals surface area contributed by atoms with E-state index in [-0.39, 0.29) is 10.8 Å². The van der Waals surface area contributed by atoms with Crippen molar-refractivity contribution in [2.75, 3.05) is 0 Å². The Morgan fingerprint density at radius 3 is 2.36 bits per heavy atom. The van der Waals surface area contributed by atoms with Crippen molar-refractivity contribution in [1.29, 1.82) is 0 Å². The summed E-state index contributed by atoms with van der Waals surface area (Å²) in [5, 5.41) is 0. The van der Waals surface area contributed by atoms with Gasteiger partial charge in [-0.15, -0.1) is 0 Å². The maximum absolute atomic E-state index is 4.11. The predicted molar refractivity (Wildman–Crippen MR) is 126 cm³/mol. The second-order valence-corrected chi connectivity index (χ2v) is 8.77. The Balaban J connectivity index is 2.38. The monoisotopic (exact) mass is 372 g/mol. The largest absolute Gasteiger partial charge is 0.0988 e. The molecule has 0 amide bonds. The summed E-state index contributed by atoms with van der Waals surface area (Å²) in [5.41, 5.74) is 6.68. The van der Waals surface area contributed by atoms with Crippen LogP contribution in [-0.2, 0) is 0 Å². The van der Waals surface area contributed by atoms with Crippen LogP contribution < -0.4 is 0 Å². The van der Waals surface area contributed by atoms with Crippen LogP contribution in [0.1, 0.15) is 54.4 Å². The van der Waals surface area contributed by atoms with E-state index >= 15 is 0 Å². The summed E-state index contributed by atoms with van der Waals surface area (Å²) in [6, 6.07) is 0. The lowest BCUT2D eigenvalue weighted by molar-refractivity contribution is 0.538. The smallest absolute Gasteiger partial charge is 0.0111 e. The molecule has 0 fully saturated rings. The fourth-order valence-corrected chi connectivity index (χ4v) is 3.83. The summed E-state index contributed by atoms with van der Waals surface area (Å²) in [7, 11) is 0. The molecule has 0 heteroatoms. The highest BCUT2D eigenvalue weighted by atomic mass is 14.3. The van der Waals surface area contributed by atoms with E-state index < -0.39 is 0 Å². The van der Waals surface area contributed by atoms with Crippen molar-refractivity contribution in [2.45, 2.75) is 54.4 Å². The van der Waals surface area contributed by atoms with Gasteiger partial charge in [-0.3, -0.25) is 0 Å². The molecule has 0 aromatic rings. The average Bonchev–Trinajstić information content (AvgIpc) is 3.05. The first-order valence-electron chi connectivity index (χ1n) is 10.3. The molecule has 0 aromatic heterocycles. The zero-order chi connectivity index (χ0) is 20.8. The lowest BCUT2D eigenvalue weighted by Gasteiger charge is -2.31. The molecule has 0 saturated carbocycles. The molecule has 2 rings (SSSR count). The van der Waals surface area contributed by atoms with Gasteiger partial charge in [-0.2, -0.15) is 0 Å². The van der Waals surface area contributed by atoms with Crippen LogP contribution in [0.5, 0.6) is 0 Å². The molecule has 2 aliphatic rings. The summed E-state index contributed by atoms with van der Waals surface area (Å²) < 4.78 is 0. The minimum absolute atomic E-state index is 0.0186. The number of allylic oxidation sites excluding steroid dienone is 17. The van der Waals surface area contributed by atoms with Crippen molar-refractivity contribution in [2.24, 2.45) is 10.8 Å². The Kier molecular flexibility index (Phi) is 7.24. The maximum Gasteiger partial charge on any atom is 0.0111 e. The second-order valence-electron chi connectivity index (χ2n) is 8.77. The van der Waals surface area contributed by atoms with E-state index in [4.69, 9.17) is 0 Å². The van der Waals surface area contributed by atoms with Gasteiger partial charge in [0.1, 0.15) is 0 Å². The van der Waals surface area contributed by atoms with Gasteiger partial charge in [0.25, 0.3) is 0 Å². The minimum Gasteiger partial charge on any atom is -0.0988 e. The molecule has 0 nitrogen and oxygen atoms in total. The van der Waals surface area contributed by atoms with Gasteiger partial charge in [0.15, 0.2) is 0 Å². The van der Waals surface area contributed by atoms with E-state index in [9.17, 15) is 0 Å². The zero-order valence-electron chi connectivity index (χ0n) is 18.5. The van der Waals surface area contributed by atoms with Gasteiger partial charge >= 0.3 is 0 Å². The standard InChI is InChI=1S/C28H36/c1-8-24(28(6,7)25-17-13-9-10-14-18-25)21-20-23(3)27(4,5)26-19-15-11-12-16-22(26)2/h8-10,12-17,19-21H,1,11,18H2,2-7H3/b23-20+,24-21+. The molecule has 0 unspecified atom stereocenters. The highest BCUT2D eigenvalue weighted by Crippen LogP contribution is 2.40. The van der Waals surface area contributed by atoms with Crippen molar-refractivity contribution >= 4 is 0 Å². The van der Waals surface area contributed by atoms with Gasteiger partial charge in [0.2, 0.25) is 0 Å². The Hall–Kier alpha value is -2.34. The van der Waals surface area contributed by atoms with Crippen LogP contribution in [-0.4, -0.2) is 0 Å². The molecule has 2 aliphatic carbocycles. The number of rotatable bonds is 6. The van der Waals surface area contributed by atoms with Crippen molar-refractivity contribution in [1.82, 2.24) is 0 Å². The zero-order valence-corrected chi connectivity index (χ0v) is 18.5. The van der Waals surface area contributed by atoms with E-state index in [0.717, 1.165) is 12.8 Å². The summed E-state index contributed by atoms with van der Waals surface area (Å²) in [6.45, 7) is 17.8. The first-order valence-corrected chi connectivity index (χ1v) is 10.3. The molecule has 0 aliphatic heterocycles. The molecule has 148 valence electrons. The Bertz CT molecular complexity index is 836. The van der Waals surface area contributed by atoms with Crippen LogP contribution in [0.3, 0.4) is 0 Å². The van der Waals surface area contributed by atoms with Crippen molar-refractivity contribution in [3.63, 3.8) is 0 Å². The van der Waals surface area contributed by atoms with Crippen LogP contribution in [0.2, 0.25) is 0 Å². The van der Waals surface area contributed by atoms with Gasteiger partial charge in [0.05, 0.1) is 0 Å². The summed E-state index contributed by atoms with van der Waals surface area (Å²) in [5.74, 6) is 0. The van der Waals surface area contributed by atoms with Crippen LogP contribution in [0.15, 0.2) is 107 Å². The molecule has 0 spiro atoms.